The van der Waals surface area contributed by atoms with Gasteiger partial charge in [0.05, 0.1) is 172 Å². The van der Waals surface area contributed by atoms with Gasteiger partial charge in [0.2, 0.25) is 22.5 Å². The molecular formula is C104H128BCl4N23O17. The van der Waals surface area contributed by atoms with E-state index in [1.807, 2.05) is 126 Å². The molecule has 792 valence electrons. The molecule has 40 nitrogen and oxygen atoms in total. The Kier molecular flexibility index (Phi) is 35.8. The number of halogens is 4. The molecule has 45 heteroatoms. The molecule has 0 bridgehead atoms. The Balaban J connectivity index is 0.000000137. The van der Waals surface area contributed by atoms with E-state index in [4.69, 9.17) is 111 Å². The van der Waals surface area contributed by atoms with Crippen LogP contribution in [0.2, 0.25) is 15.7 Å². The molecule has 0 unspecified atom stereocenters. The average Bonchev–Trinajstić information content (AvgIpc) is 1.63. The molecule has 2 atom stereocenters. The number of urea groups is 1. The number of aliphatic hydroxyl groups is 4. The van der Waals surface area contributed by atoms with Crippen LogP contribution in [0.25, 0.3) is 77.9 Å². The predicted octanol–water partition coefficient (Wildman–Crippen LogP) is 19.3. The number of imide groups is 1. The molecule has 8 N–H and O–H groups in total. The molecule has 4 aliphatic carbocycles. The van der Waals surface area contributed by atoms with E-state index in [-0.39, 0.29) is 88.7 Å². The van der Waals surface area contributed by atoms with Gasteiger partial charge in [0.15, 0.2) is 22.6 Å². The summed E-state index contributed by atoms with van der Waals surface area (Å²) >= 11 is 22.9. The molecule has 3 saturated heterocycles. The van der Waals surface area contributed by atoms with Crippen molar-refractivity contribution in [3.05, 3.63) is 178 Å². The van der Waals surface area contributed by atoms with Crippen LogP contribution in [0.15, 0.2) is 146 Å². The third-order valence-electron chi connectivity index (χ3n) is 27.2. The molecule has 13 aromatic rings. The van der Waals surface area contributed by atoms with Crippen molar-refractivity contribution in [2.24, 2.45) is 0 Å². The lowest BCUT2D eigenvalue weighted by Crippen LogP contribution is -2.44. The quantitative estimate of drug-likeness (QED) is 0.0101. The van der Waals surface area contributed by atoms with Gasteiger partial charge in [0.1, 0.15) is 22.1 Å². The fraction of sp³-hybridized carbons (Fsp3) is 0.481. The Morgan fingerprint density at radius 3 is 1.23 bits per heavy atom. The first-order valence-corrected chi connectivity index (χ1v) is 51.7. The van der Waals surface area contributed by atoms with Gasteiger partial charge in [-0.15, -0.1) is 0 Å². The van der Waals surface area contributed by atoms with Crippen molar-refractivity contribution >= 4 is 161 Å². The summed E-state index contributed by atoms with van der Waals surface area (Å²) in [5, 5.41) is 77.2. The first-order chi connectivity index (χ1) is 70.9. The third kappa shape index (κ3) is 27.8. The summed E-state index contributed by atoms with van der Waals surface area (Å²) in [7, 11) is 1.04. The number of nitro benzene ring substituents is 1. The van der Waals surface area contributed by atoms with Crippen molar-refractivity contribution in [2.45, 2.75) is 276 Å². The summed E-state index contributed by atoms with van der Waals surface area (Å²) in [4.78, 5) is 99.2. The van der Waals surface area contributed by atoms with Gasteiger partial charge in [-0.2, -0.15) is 45.2 Å². The molecular weight excluding hydrogens is 2000 g/mol. The fourth-order valence-corrected chi connectivity index (χ4v) is 19.2. The number of amides is 4. The van der Waals surface area contributed by atoms with Crippen molar-refractivity contribution in [2.75, 3.05) is 72.3 Å². The zero-order chi connectivity index (χ0) is 107. The van der Waals surface area contributed by atoms with Crippen LogP contribution in [0.4, 0.5) is 53.8 Å². The number of hydrogen-bond donors (Lipinski definition) is 7. The number of nitrogens with one attached hydrogen (secondary N) is 2. The van der Waals surface area contributed by atoms with Crippen LogP contribution in [0.3, 0.4) is 0 Å². The van der Waals surface area contributed by atoms with Crippen molar-refractivity contribution in [1.29, 1.82) is 0 Å². The highest BCUT2D eigenvalue weighted by Crippen LogP contribution is 2.43. The summed E-state index contributed by atoms with van der Waals surface area (Å²) in [5.41, 5.74) is 14.7. The summed E-state index contributed by atoms with van der Waals surface area (Å²) in [6.07, 6.45) is 18.3. The highest BCUT2D eigenvalue weighted by atomic mass is 35.5. The number of aromatic nitrogens is 16. The van der Waals surface area contributed by atoms with E-state index < -0.39 is 52.1 Å². The molecule has 4 amide bonds. The number of fused-ring (bicyclic) bond motifs is 4. The molecule has 4 saturated carbocycles. The van der Waals surface area contributed by atoms with E-state index >= 15 is 0 Å². The minimum atomic E-state index is -0.978. The summed E-state index contributed by atoms with van der Waals surface area (Å²) < 4.78 is 46.5. The van der Waals surface area contributed by atoms with E-state index in [9.17, 15) is 49.7 Å². The molecule has 8 aromatic heterocycles. The van der Waals surface area contributed by atoms with Crippen LogP contribution in [-0.2, 0) is 28.3 Å². The zero-order valence-electron chi connectivity index (χ0n) is 85.9. The number of nitrogens with two attached hydrogens (primary N) is 1. The highest BCUT2D eigenvalue weighted by Gasteiger charge is 2.52. The van der Waals surface area contributed by atoms with Gasteiger partial charge in [-0.05, 0) is 270 Å². The molecule has 3 aliphatic heterocycles. The van der Waals surface area contributed by atoms with Crippen LogP contribution in [0.5, 0.6) is 5.75 Å². The third-order valence-corrected chi connectivity index (χ3v) is 27.9. The maximum absolute atomic E-state index is 12.8. The van der Waals surface area contributed by atoms with E-state index in [1.165, 1.54) is 29.8 Å². The number of carbonyl (C=O) groups is 4. The fourth-order valence-electron chi connectivity index (χ4n) is 18.5. The van der Waals surface area contributed by atoms with Crippen molar-refractivity contribution in [3.8, 4) is 39.5 Å². The van der Waals surface area contributed by atoms with Crippen LogP contribution in [0, 0.1) is 17.0 Å². The molecule has 0 spiro atoms. The van der Waals surface area contributed by atoms with Crippen molar-refractivity contribution in [3.63, 3.8) is 0 Å². The van der Waals surface area contributed by atoms with Crippen LogP contribution in [0.1, 0.15) is 216 Å². The number of carbonyl (C=O) groups excluding carboxylic acids is 4. The molecule has 7 fully saturated rings. The number of morpholine rings is 2. The maximum atomic E-state index is 12.8. The van der Waals surface area contributed by atoms with Crippen LogP contribution < -0.4 is 41.3 Å². The number of rotatable bonds is 14. The van der Waals surface area contributed by atoms with Crippen LogP contribution in [-0.4, -0.2) is 241 Å². The van der Waals surface area contributed by atoms with E-state index in [0.717, 1.165) is 199 Å². The van der Waals surface area contributed by atoms with Gasteiger partial charge in [-0.1, -0.05) is 77.8 Å². The van der Waals surface area contributed by atoms with E-state index in [1.54, 1.807) is 79.1 Å². The van der Waals surface area contributed by atoms with Crippen molar-refractivity contribution < 1.29 is 77.5 Å². The predicted molar refractivity (Wildman–Crippen MR) is 571 cm³/mol. The Labute approximate surface area is 883 Å². The number of aryl methyl sites for hydroxylation is 1. The minimum Gasteiger partial charge on any atom is -0.443 e. The number of aliphatic hydroxyl groups excluding tert-OH is 4. The number of anilines is 5. The molecule has 11 heterocycles. The van der Waals surface area contributed by atoms with E-state index in [2.05, 4.69) is 88.2 Å². The number of nitrogens with zero attached hydrogens (tertiary/aromatic N) is 20. The zero-order valence-corrected chi connectivity index (χ0v) is 88.9. The first kappa shape index (κ1) is 111. The summed E-state index contributed by atoms with van der Waals surface area (Å²) in [5.74, 6) is 1.55. The Bertz CT molecular complexity index is 6760. The lowest BCUT2D eigenvalue weighted by molar-refractivity contribution is -0.384. The first-order valence-electron chi connectivity index (χ1n) is 50.1. The summed E-state index contributed by atoms with van der Waals surface area (Å²) in [6, 6.07) is 36.5. The number of benzene rings is 5. The largest absolute Gasteiger partial charge is 0.494 e. The molecule has 20 rings (SSSR count). The SMILES string of the molecule is CC(C)(C)OC(=O)N(C(=O)OC(C)(C)C)c1ccc(B2OC(C)(C)C(C)(C)O2)cc1.CNC(=O)Nc1ccc(-c2nc(N3CCOC[C@@H]3C)nc3c2cnn3C2CCC(O)CC2)cc1.C[C@H]1COCCN1c1nc(-c2ccc(N)cc2)c2cnn(C3CCC(O)CC3)c2n1.Cc1ccc(-c2nc(Cl)nc3c2cnn3C2CCC(O)CC2)cc1.O=C(Cl)Oc1ccc([N+](=O)[O-])cc1.OC1CCC(n2ncc3c(Cl)nc(Cl)nc32)CC1. The number of ether oxygens (including phenoxy) is 5. The second-order valence-corrected chi connectivity index (χ2v) is 42.4. The van der Waals surface area contributed by atoms with Gasteiger partial charge < -0.3 is 79.6 Å². The second-order valence-electron chi connectivity index (χ2n) is 41.1. The number of nitrogen functional groups attached to an aromatic ring is 1. The molecule has 0 radical (unpaired) electrons. The van der Waals surface area contributed by atoms with Crippen molar-refractivity contribution in [1.82, 2.24) is 84.3 Å². The lowest BCUT2D eigenvalue weighted by atomic mass is 9.79. The number of hydrogen-bond acceptors (Lipinski definition) is 32. The smallest absolute Gasteiger partial charge is 0.443 e. The Morgan fingerprint density at radius 1 is 0.497 bits per heavy atom. The normalized spacial score (nSPS) is 21.2. The average molecular weight is 2120 g/mol. The van der Waals surface area contributed by atoms with Gasteiger partial charge in [0.25, 0.3) is 5.69 Å². The minimum absolute atomic E-state index is 0.0747. The lowest BCUT2D eigenvalue weighted by Gasteiger charge is -2.33. The standard InChI is InChI=1S/C24H31N7O3.C22H34BNO6.C22H28N6O2.C18H19ClN4O.C11H12Cl2N4O.C7H4ClNO4/c1-15-14-34-12-11-30(15)23-28-21(16-3-5-17(6-4-16)27-24(33)25-2)20-13-26-31(22(20)29-23)18-7-9-19(32)10-8-18;1-19(2,3)27-17(25)24(18(26)28-20(4,5)6)16-13-11-15(12-14-16)23-29-21(7,8)22(9,10)30-23;1-14-13-30-11-10-27(14)22-25-20(15-2-4-16(23)5-3-15)19-12-24-28(21(19)26-22)17-6-8-18(29)9-7-17;1-11-2-4-12(5-3-11)16-15-10-20-23(17(15)22-18(19)21-16)13-6-8-14(24)9-7-13;12-9-8-5-14-17(10(8)16-11(13)15-9)6-1-3-7(18)4-2-6;8-7(10)13-6-3-1-5(2-4-6)9(11)12/h3-6,13,15,18-19,32H,7-12,14H2,1-2H3,(H2,25,27,33);11-14H,1-10H3;2-5,12,14,17-18,29H,6-11,13,23H2,1H3;2-5,10,13-14,24H,6-9H2,1H3;5-7,18H,1-4H2;1-4H/t15-,18?,19?;;14-,17?,18?;;;/m0.0.../s1. The maximum Gasteiger partial charge on any atom is 0.494 e. The Morgan fingerprint density at radius 2 is 0.859 bits per heavy atom. The Hall–Kier alpha value is -12.5. The van der Waals surface area contributed by atoms with Gasteiger partial charge >= 0.3 is 30.8 Å². The topological polar surface area (TPSA) is 491 Å². The molecule has 5 aromatic carbocycles. The van der Waals surface area contributed by atoms with Gasteiger partial charge in [-0.25, -0.2) is 57.8 Å². The highest BCUT2D eigenvalue weighted by molar-refractivity contribution is 6.62. The number of non-ortho nitro benzene ring substituents is 1. The van der Waals surface area contributed by atoms with Crippen LogP contribution >= 0.6 is 46.4 Å². The monoisotopic (exact) mass is 2120 g/mol. The molecule has 7 aliphatic rings. The van der Waals surface area contributed by atoms with E-state index in [0.29, 0.717) is 65.9 Å². The number of nitro groups is 1. The van der Waals surface area contributed by atoms with Gasteiger partial charge in [-0.3, -0.25) is 10.1 Å². The van der Waals surface area contributed by atoms with Gasteiger partial charge in [0, 0.05) is 71.9 Å². The second kappa shape index (κ2) is 48.2. The summed E-state index contributed by atoms with van der Waals surface area (Å²) in [6.45, 7) is 28.7. The molecule has 149 heavy (non-hydrogen) atoms.